The van der Waals surface area contributed by atoms with E-state index >= 15 is 0 Å². The number of carboxylic acid groups (broad SMARTS) is 1. The average molecular weight is 229 g/mol. The topological polar surface area (TPSA) is 37.3 Å². The lowest BCUT2D eigenvalue weighted by molar-refractivity contribution is -0.136. The van der Waals surface area contributed by atoms with Gasteiger partial charge < -0.3 is 5.11 Å². The van der Waals surface area contributed by atoms with Crippen LogP contribution in [-0.2, 0) is 4.79 Å². The van der Waals surface area contributed by atoms with Crippen molar-refractivity contribution in [2.24, 2.45) is 0 Å². The highest BCUT2D eigenvalue weighted by atomic mass is 79.9. The molecule has 0 saturated heterocycles. The number of halogens is 1. The molecule has 64 valence electrons. The second-order valence-electron chi connectivity index (χ2n) is 2.48. The van der Waals surface area contributed by atoms with E-state index in [-0.39, 0.29) is 11.2 Å². The molecule has 0 radical (unpaired) electrons. The van der Waals surface area contributed by atoms with Gasteiger partial charge in [0.1, 0.15) is 0 Å². The van der Waals surface area contributed by atoms with Crippen LogP contribution in [0, 0.1) is 0 Å². The lowest BCUT2D eigenvalue weighted by Crippen LogP contribution is -1.99. The molecular formula is C9H9BrO2. The lowest BCUT2D eigenvalue weighted by atomic mass is 10.1. The van der Waals surface area contributed by atoms with Crippen LogP contribution >= 0.6 is 15.9 Å². The molecule has 1 atom stereocenters. The Morgan fingerprint density at radius 3 is 2.50 bits per heavy atom. The quantitative estimate of drug-likeness (QED) is 0.808. The van der Waals surface area contributed by atoms with E-state index in [0.29, 0.717) is 0 Å². The predicted octanol–water partition coefficient (Wildman–Crippen LogP) is 2.60. The fourth-order valence-corrected chi connectivity index (χ4v) is 1.52. The molecule has 0 heterocycles. The third-order valence-corrected chi connectivity index (χ3v) is 2.37. The second-order valence-corrected chi connectivity index (χ2v) is 3.58. The van der Waals surface area contributed by atoms with E-state index in [0.717, 1.165) is 5.56 Å². The predicted molar refractivity (Wildman–Crippen MR) is 50.4 cm³/mol. The largest absolute Gasteiger partial charge is 0.481 e. The van der Waals surface area contributed by atoms with Crippen LogP contribution in [0.3, 0.4) is 0 Å². The van der Waals surface area contributed by atoms with Crippen LogP contribution in [-0.4, -0.2) is 11.1 Å². The Bertz CT molecular complexity index is 258. The number of hydrogen-bond donors (Lipinski definition) is 1. The van der Waals surface area contributed by atoms with E-state index in [1.165, 1.54) is 0 Å². The summed E-state index contributed by atoms with van der Waals surface area (Å²) in [6, 6.07) is 9.51. The molecule has 1 N–H and O–H groups in total. The highest BCUT2D eigenvalue weighted by Crippen LogP contribution is 2.25. The minimum atomic E-state index is -0.791. The summed E-state index contributed by atoms with van der Waals surface area (Å²) in [6.45, 7) is 0. The molecule has 0 saturated carbocycles. The molecule has 0 aromatic heterocycles. The summed E-state index contributed by atoms with van der Waals surface area (Å²) in [5.41, 5.74) is 1.000. The van der Waals surface area contributed by atoms with Crippen LogP contribution in [0.25, 0.3) is 0 Å². The van der Waals surface area contributed by atoms with E-state index in [1.807, 2.05) is 30.3 Å². The van der Waals surface area contributed by atoms with Gasteiger partial charge in [0, 0.05) is 4.83 Å². The van der Waals surface area contributed by atoms with Gasteiger partial charge in [-0.25, -0.2) is 0 Å². The normalized spacial score (nSPS) is 12.4. The van der Waals surface area contributed by atoms with Crippen molar-refractivity contribution in [2.75, 3.05) is 0 Å². The van der Waals surface area contributed by atoms with Gasteiger partial charge >= 0.3 is 5.97 Å². The fraction of sp³-hybridized carbons (Fsp3) is 0.222. The molecule has 0 aliphatic carbocycles. The standard InChI is InChI=1S/C9H9BrO2/c10-8(6-9(11)12)7-4-2-1-3-5-7/h1-5,8H,6H2,(H,11,12)/t8-/m1/s1. The Balaban J connectivity index is 2.65. The zero-order chi connectivity index (χ0) is 8.97. The summed E-state index contributed by atoms with van der Waals surface area (Å²) < 4.78 is 0. The van der Waals surface area contributed by atoms with Crippen molar-refractivity contribution < 1.29 is 9.90 Å². The van der Waals surface area contributed by atoms with Crippen molar-refractivity contribution in [2.45, 2.75) is 11.2 Å². The first kappa shape index (κ1) is 9.26. The van der Waals surface area contributed by atoms with Crippen LogP contribution in [0.4, 0.5) is 0 Å². The van der Waals surface area contributed by atoms with Gasteiger partial charge in [-0.2, -0.15) is 0 Å². The highest BCUT2D eigenvalue weighted by molar-refractivity contribution is 9.09. The second kappa shape index (κ2) is 4.26. The van der Waals surface area contributed by atoms with Gasteiger partial charge in [-0.15, -0.1) is 0 Å². The molecule has 1 aromatic carbocycles. The number of alkyl halides is 1. The smallest absolute Gasteiger partial charge is 0.304 e. The van der Waals surface area contributed by atoms with Crippen molar-refractivity contribution in [3.8, 4) is 0 Å². The van der Waals surface area contributed by atoms with Gasteiger partial charge in [0.15, 0.2) is 0 Å². The lowest BCUT2D eigenvalue weighted by Gasteiger charge is -2.05. The van der Waals surface area contributed by atoms with E-state index in [4.69, 9.17) is 5.11 Å². The van der Waals surface area contributed by atoms with Gasteiger partial charge in [0.05, 0.1) is 6.42 Å². The number of carboxylic acids is 1. The van der Waals surface area contributed by atoms with E-state index in [9.17, 15) is 4.79 Å². The van der Waals surface area contributed by atoms with Crippen molar-refractivity contribution in [1.29, 1.82) is 0 Å². The summed E-state index contributed by atoms with van der Waals surface area (Å²) in [5, 5.41) is 8.52. The molecule has 0 aliphatic heterocycles. The maximum Gasteiger partial charge on any atom is 0.304 e. The van der Waals surface area contributed by atoms with Gasteiger partial charge in [0.25, 0.3) is 0 Å². The first-order chi connectivity index (χ1) is 5.70. The Morgan fingerprint density at radius 1 is 1.42 bits per heavy atom. The number of benzene rings is 1. The van der Waals surface area contributed by atoms with Gasteiger partial charge in [0.2, 0.25) is 0 Å². The Hall–Kier alpha value is -0.830. The summed E-state index contributed by atoms with van der Waals surface area (Å²) in [5.74, 6) is -0.791. The number of rotatable bonds is 3. The Kier molecular flexibility index (Phi) is 3.29. The molecule has 0 fully saturated rings. The first-order valence-corrected chi connectivity index (χ1v) is 4.52. The van der Waals surface area contributed by atoms with E-state index < -0.39 is 5.97 Å². The molecule has 1 aromatic rings. The molecule has 12 heavy (non-hydrogen) atoms. The molecule has 0 unspecified atom stereocenters. The number of hydrogen-bond acceptors (Lipinski definition) is 1. The summed E-state index contributed by atoms with van der Waals surface area (Å²) >= 11 is 3.31. The first-order valence-electron chi connectivity index (χ1n) is 3.61. The van der Waals surface area contributed by atoms with Crippen molar-refractivity contribution in [1.82, 2.24) is 0 Å². The molecular weight excluding hydrogens is 220 g/mol. The monoisotopic (exact) mass is 228 g/mol. The highest BCUT2D eigenvalue weighted by Gasteiger charge is 2.10. The van der Waals surface area contributed by atoms with Crippen LogP contribution in [0.15, 0.2) is 30.3 Å². The van der Waals surface area contributed by atoms with Crippen LogP contribution < -0.4 is 0 Å². The molecule has 0 aliphatic rings. The zero-order valence-electron chi connectivity index (χ0n) is 6.40. The summed E-state index contributed by atoms with van der Waals surface area (Å²) in [6.07, 6.45) is 0.115. The van der Waals surface area contributed by atoms with Gasteiger partial charge in [-0.05, 0) is 5.56 Å². The van der Waals surface area contributed by atoms with Crippen molar-refractivity contribution in [3.63, 3.8) is 0 Å². The van der Waals surface area contributed by atoms with Crippen LogP contribution in [0.1, 0.15) is 16.8 Å². The summed E-state index contributed by atoms with van der Waals surface area (Å²) in [7, 11) is 0. The minimum Gasteiger partial charge on any atom is -0.481 e. The zero-order valence-corrected chi connectivity index (χ0v) is 7.99. The SMILES string of the molecule is O=C(O)C[C@@H](Br)c1ccccc1. The van der Waals surface area contributed by atoms with Crippen molar-refractivity contribution in [3.05, 3.63) is 35.9 Å². The fourth-order valence-electron chi connectivity index (χ4n) is 0.933. The van der Waals surface area contributed by atoms with Crippen molar-refractivity contribution >= 4 is 21.9 Å². The van der Waals surface area contributed by atoms with Gasteiger partial charge in [-0.3, -0.25) is 4.79 Å². The molecule has 3 heteroatoms. The number of aliphatic carboxylic acids is 1. The maximum atomic E-state index is 10.4. The molecule has 0 amide bonds. The van der Waals surface area contributed by atoms with E-state index in [1.54, 1.807) is 0 Å². The molecule has 2 nitrogen and oxygen atoms in total. The van der Waals surface area contributed by atoms with E-state index in [2.05, 4.69) is 15.9 Å². The Labute approximate surface area is 79.3 Å². The molecule has 0 spiro atoms. The number of carbonyl (C=O) groups is 1. The third-order valence-electron chi connectivity index (χ3n) is 1.52. The average Bonchev–Trinajstić information content (AvgIpc) is 2.05. The molecule has 1 rings (SSSR count). The molecule has 0 bridgehead atoms. The van der Waals surface area contributed by atoms with Gasteiger partial charge in [-0.1, -0.05) is 46.3 Å². The Morgan fingerprint density at radius 2 is 2.00 bits per heavy atom. The third kappa shape index (κ3) is 2.66. The van der Waals surface area contributed by atoms with Crippen LogP contribution in [0.2, 0.25) is 0 Å². The summed E-state index contributed by atoms with van der Waals surface area (Å²) in [4.78, 5) is 10.3. The minimum absolute atomic E-state index is 0.0869. The maximum absolute atomic E-state index is 10.4. The van der Waals surface area contributed by atoms with Crippen LogP contribution in [0.5, 0.6) is 0 Å².